The van der Waals surface area contributed by atoms with E-state index in [-0.39, 0.29) is 12.7 Å². The van der Waals surface area contributed by atoms with Gasteiger partial charge in [0.05, 0.1) is 0 Å². The van der Waals surface area contributed by atoms with Crippen molar-refractivity contribution in [2.24, 2.45) is 0 Å². The first-order valence-corrected chi connectivity index (χ1v) is 7.08. The maximum Gasteiger partial charge on any atom is 0.252 e. The highest BCUT2D eigenvalue weighted by molar-refractivity contribution is 6.03. The number of aromatic nitrogens is 1. The quantitative estimate of drug-likeness (QED) is 0.814. The molecule has 1 aliphatic heterocycles. The number of fused-ring (bicyclic) bond motifs is 1. The molecule has 0 saturated heterocycles. The summed E-state index contributed by atoms with van der Waals surface area (Å²) in [5, 5.41) is 0. The number of anilines is 1. The number of amides is 1. The molecule has 0 aliphatic carbocycles. The average molecular weight is 296 g/mol. The molecule has 2 heterocycles. The highest BCUT2D eigenvalue weighted by Gasteiger charge is 2.14. The molecule has 112 valence electrons. The smallest absolute Gasteiger partial charge is 0.252 e. The Kier molecular flexibility index (Phi) is 4.05. The van der Waals surface area contributed by atoms with Gasteiger partial charge in [-0.1, -0.05) is 12.1 Å². The van der Waals surface area contributed by atoms with Gasteiger partial charge in [0.2, 0.25) is 6.79 Å². The van der Waals surface area contributed by atoms with Crippen LogP contribution in [0.3, 0.4) is 0 Å². The van der Waals surface area contributed by atoms with Gasteiger partial charge in [0.15, 0.2) is 11.5 Å². The first-order chi connectivity index (χ1) is 10.8. The number of pyridine rings is 1. The van der Waals surface area contributed by atoms with Gasteiger partial charge in [0, 0.05) is 18.8 Å². The fourth-order valence-corrected chi connectivity index (χ4v) is 2.22. The third-order valence-corrected chi connectivity index (χ3v) is 3.32. The number of hydrogen-bond donors (Lipinski definition) is 0. The number of hydrogen-bond acceptors (Lipinski definition) is 4. The summed E-state index contributed by atoms with van der Waals surface area (Å²) in [5.41, 5.74) is 0.884. The Balaban J connectivity index is 1.75. The fourth-order valence-electron chi connectivity index (χ4n) is 2.22. The molecule has 0 bridgehead atoms. The van der Waals surface area contributed by atoms with Crippen molar-refractivity contribution >= 4 is 17.8 Å². The van der Waals surface area contributed by atoms with E-state index in [9.17, 15) is 4.79 Å². The molecule has 2 aromatic rings. The van der Waals surface area contributed by atoms with Crippen LogP contribution in [0.2, 0.25) is 0 Å². The second-order valence-electron chi connectivity index (χ2n) is 4.72. The third-order valence-electron chi connectivity index (χ3n) is 3.32. The molecule has 0 atom stereocenters. The van der Waals surface area contributed by atoms with Crippen molar-refractivity contribution in [1.29, 1.82) is 0 Å². The normalized spacial score (nSPS) is 12.6. The van der Waals surface area contributed by atoms with E-state index in [4.69, 9.17) is 9.47 Å². The summed E-state index contributed by atoms with van der Waals surface area (Å²) in [5.74, 6) is 1.96. The van der Waals surface area contributed by atoms with Crippen LogP contribution in [0.1, 0.15) is 12.5 Å². The van der Waals surface area contributed by atoms with Crippen LogP contribution in [0.15, 0.2) is 48.7 Å². The summed E-state index contributed by atoms with van der Waals surface area (Å²) >= 11 is 0. The molecule has 22 heavy (non-hydrogen) atoms. The maximum atomic E-state index is 12.3. The largest absolute Gasteiger partial charge is 0.454 e. The number of nitrogens with zero attached hydrogens (tertiary/aromatic N) is 2. The molecule has 0 radical (unpaired) electrons. The van der Waals surface area contributed by atoms with E-state index in [2.05, 4.69) is 4.98 Å². The van der Waals surface area contributed by atoms with E-state index in [1.165, 1.54) is 6.08 Å². The Bertz CT molecular complexity index is 698. The van der Waals surface area contributed by atoms with Gasteiger partial charge >= 0.3 is 0 Å². The zero-order valence-corrected chi connectivity index (χ0v) is 12.2. The van der Waals surface area contributed by atoms with Crippen molar-refractivity contribution in [2.45, 2.75) is 6.92 Å². The number of likely N-dealkylation sites (N-methyl/N-ethyl adjacent to an activating group) is 1. The lowest BCUT2D eigenvalue weighted by molar-refractivity contribution is -0.114. The van der Waals surface area contributed by atoms with Crippen LogP contribution >= 0.6 is 0 Å². The van der Waals surface area contributed by atoms with Gasteiger partial charge in [0.25, 0.3) is 5.91 Å². The van der Waals surface area contributed by atoms with E-state index in [0.29, 0.717) is 18.1 Å². The fraction of sp³-hybridized carbons (Fsp3) is 0.176. The van der Waals surface area contributed by atoms with Crippen molar-refractivity contribution < 1.29 is 14.3 Å². The molecule has 1 aromatic heterocycles. The molecule has 0 saturated carbocycles. The van der Waals surface area contributed by atoms with E-state index in [1.807, 2.05) is 43.3 Å². The topological polar surface area (TPSA) is 51.7 Å². The minimum absolute atomic E-state index is 0.112. The molecule has 5 heteroatoms. The first kappa shape index (κ1) is 14.1. The minimum atomic E-state index is -0.112. The van der Waals surface area contributed by atoms with Gasteiger partial charge in [-0.15, -0.1) is 0 Å². The van der Waals surface area contributed by atoms with Crippen LogP contribution in [0.5, 0.6) is 11.5 Å². The molecular formula is C17H16N2O3. The first-order valence-electron chi connectivity index (χ1n) is 7.08. The summed E-state index contributed by atoms with van der Waals surface area (Å²) in [6.45, 7) is 2.72. The number of rotatable bonds is 4. The lowest BCUT2D eigenvalue weighted by atomic mass is 10.2. The van der Waals surface area contributed by atoms with Gasteiger partial charge in [0.1, 0.15) is 5.82 Å². The highest BCUT2D eigenvalue weighted by Crippen LogP contribution is 2.32. The molecule has 1 aliphatic rings. The van der Waals surface area contributed by atoms with Gasteiger partial charge in [-0.25, -0.2) is 4.98 Å². The summed E-state index contributed by atoms with van der Waals surface area (Å²) in [7, 11) is 0. The van der Waals surface area contributed by atoms with Crippen LogP contribution in [0.4, 0.5) is 5.82 Å². The molecular weight excluding hydrogens is 280 g/mol. The van der Waals surface area contributed by atoms with E-state index in [0.717, 1.165) is 11.3 Å². The zero-order valence-electron chi connectivity index (χ0n) is 12.2. The van der Waals surface area contributed by atoms with E-state index >= 15 is 0 Å². The van der Waals surface area contributed by atoms with Gasteiger partial charge in [-0.05, 0) is 42.8 Å². The maximum absolute atomic E-state index is 12.3. The molecule has 0 spiro atoms. The number of benzene rings is 1. The third kappa shape index (κ3) is 2.93. The van der Waals surface area contributed by atoms with Crippen LogP contribution in [-0.2, 0) is 4.79 Å². The van der Waals surface area contributed by atoms with Gasteiger partial charge in [-0.3, -0.25) is 9.69 Å². The molecule has 0 unspecified atom stereocenters. The predicted molar refractivity (Wildman–Crippen MR) is 83.9 cm³/mol. The van der Waals surface area contributed by atoms with Gasteiger partial charge < -0.3 is 9.47 Å². The molecule has 1 amide bonds. The van der Waals surface area contributed by atoms with Crippen molar-refractivity contribution in [2.75, 3.05) is 18.2 Å². The van der Waals surface area contributed by atoms with E-state index in [1.54, 1.807) is 17.2 Å². The van der Waals surface area contributed by atoms with Crippen molar-refractivity contribution in [3.05, 3.63) is 54.2 Å². The van der Waals surface area contributed by atoms with Crippen molar-refractivity contribution in [1.82, 2.24) is 4.98 Å². The summed E-state index contributed by atoms with van der Waals surface area (Å²) in [6.07, 6.45) is 4.97. The Labute approximate surface area is 128 Å². The Morgan fingerprint density at radius 2 is 2.14 bits per heavy atom. The molecule has 3 rings (SSSR count). The Morgan fingerprint density at radius 1 is 1.27 bits per heavy atom. The number of ether oxygens (including phenoxy) is 2. The van der Waals surface area contributed by atoms with Crippen molar-refractivity contribution in [3.8, 4) is 11.5 Å². The SMILES string of the molecule is CCN(C(=O)C=Cc1ccc2c(c1)OCO2)c1ccccn1. The van der Waals surface area contributed by atoms with Crippen LogP contribution < -0.4 is 14.4 Å². The number of carbonyl (C=O) groups excluding carboxylic acids is 1. The monoisotopic (exact) mass is 296 g/mol. The summed E-state index contributed by atoms with van der Waals surface area (Å²) < 4.78 is 10.6. The van der Waals surface area contributed by atoms with Gasteiger partial charge in [-0.2, -0.15) is 0 Å². The Morgan fingerprint density at radius 3 is 2.91 bits per heavy atom. The minimum Gasteiger partial charge on any atom is -0.454 e. The van der Waals surface area contributed by atoms with Crippen LogP contribution in [0, 0.1) is 0 Å². The molecule has 5 nitrogen and oxygen atoms in total. The van der Waals surface area contributed by atoms with Crippen LogP contribution in [0.25, 0.3) is 6.08 Å². The predicted octanol–water partition coefficient (Wildman–Crippen LogP) is 2.88. The lowest BCUT2D eigenvalue weighted by Crippen LogP contribution is -2.29. The summed E-state index contributed by atoms with van der Waals surface area (Å²) in [6, 6.07) is 11.1. The Hall–Kier alpha value is -2.82. The van der Waals surface area contributed by atoms with Crippen LogP contribution in [-0.4, -0.2) is 24.2 Å². The molecule has 0 fully saturated rings. The lowest BCUT2D eigenvalue weighted by Gasteiger charge is -2.17. The van der Waals surface area contributed by atoms with E-state index < -0.39 is 0 Å². The molecule has 0 N–H and O–H groups in total. The highest BCUT2D eigenvalue weighted by atomic mass is 16.7. The average Bonchev–Trinajstić information content (AvgIpc) is 3.02. The second kappa shape index (κ2) is 6.30. The van der Waals surface area contributed by atoms with Crippen molar-refractivity contribution in [3.63, 3.8) is 0 Å². The summed E-state index contributed by atoms with van der Waals surface area (Å²) in [4.78, 5) is 18.1. The standard InChI is InChI=1S/C17H16N2O3/c1-2-19(16-5-3-4-10-18-16)17(20)9-7-13-6-8-14-15(11-13)22-12-21-14/h3-11H,2,12H2,1H3. The number of carbonyl (C=O) groups is 1. The second-order valence-corrected chi connectivity index (χ2v) is 4.72. The molecule has 1 aromatic carbocycles. The zero-order chi connectivity index (χ0) is 15.4.